The van der Waals surface area contributed by atoms with Gasteiger partial charge in [0.25, 0.3) is 5.91 Å². The first kappa shape index (κ1) is 20.4. The number of ether oxygens (including phenoxy) is 1. The number of likely N-dealkylation sites (tertiary alicyclic amines) is 1. The predicted octanol–water partition coefficient (Wildman–Crippen LogP) is 2.50. The number of amides is 2. The van der Waals surface area contributed by atoms with Crippen molar-refractivity contribution in [3.63, 3.8) is 0 Å². The van der Waals surface area contributed by atoms with Crippen LogP contribution in [0.25, 0.3) is 6.08 Å². The molecular weight excluding hydrogens is 354 g/mol. The summed E-state index contributed by atoms with van der Waals surface area (Å²) in [5, 5.41) is 0. The van der Waals surface area contributed by atoms with Gasteiger partial charge in [0.2, 0.25) is 5.91 Å². The van der Waals surface area contributed by atoms with Crippen molar-refractivity contribution in [3.05, 3.63) is 41.5 Å². The van der Waals surface area contributed by atoms with Gasteiger partial charge in [-0.3, -0.25) is 14.5 Å². The molecule has 0 aliphatic carbocycles. The lowest BCUT2D eigenvalue weighted by molar-refractivity contribution is -0.134. The van der Waals surface area contributed by atoms with Crippen molar-refractivity contribution in [1.29, 1.82) is 0 Å². The summed E-state index contributed by atoms with van der Waals surface area (Å²) in [7, 11) is 0. The Balaban J connectivity index is 1.48. The molecular formula is C22H29N3O3. The monoisotopic (exact) mass is 383 g/mol. The molecule has 2 heterocycles. The van der Waals surface area contributed by atoms with Crippen molar-refractivity contribution >= 4 is 24.1 Å². The van der Waals surface area contributed by atoms with Crippen LogP contribution in [0.2, 0.25) is 0 Å². The highest BCUT2D eigenvalue weighted by molar-refractivity contribution is 5.99. The Hall–Kier alpha value is -2.31. The van der Waals surface area contributed by atoms with Gasteiger partial charge < -0.3 is 9.64 Å². The standard InChI is InChI=1S/C22H29N3O3/c1-2-23-22(27)20-5-3-4-19(16-20)7-6-18-8-10-25(11-9-18)21(26)17-24-12-14-28-15-13-24/h2-7,16,18H,8-15,17H2,1H3/b7-6+,23-2+. The van der Waals surface area contributed by atoms with E-state index in [1.807, 2.05) is 23.1 Å². The summed E-state index contributed by atoms with van der Waals surface area (Å²) >= 11 is 0. The van der Waals surface area contributed by atoms with Gasteiger partial charge >= 0.3 is 0 Å². The number of piperidine rings is 1. The molecule has 2 saturated heterocycles. The summed E-state index contributed by atoms with van der Waals surface area (Å²) in [4.78, 5) is 32.3. The van der Waals surface area contributed by atoms with E-state index >= 15 is 0 Å². The lowest BCUT2D eigenvalue weighted by Crippen LogP contribution is -2.46. The summed E-state index contributed by atoms with van der Waals surface area (Å²) in [5.74, 6) is 0.470. The van der Waals surface area contributed by atoms with Crippen LogP contribution in [0.4, 0.5) is 0 Å². The van der Waals surface area contributed by atoms with Gasteiger partial charge in [0.05, 0.1) is 19.8 Å². The molecule has 1 aromatic rings. The fraction of sp³-hybridized carbons (Fsp3) is 0.500. The number of carbonyl (C=O) groups is 2. The summed E-state index contributed by atoms with van der Waals surface area (Å²) in [6.45, 7) is 6.98. The Morgan fingerprint density at radius 1 is 1.18 bits per heavy atom. The van der Waals surface area contributed by atoms with Crippen LogP contribution in [0.1, 0.15) is 35.7 Å². The maximum atomic E-state index is 12.5. The number of carbonyl (C=O) groups excluding carboxylic acids is 2. The third-order valence-corrected chi connectivity index (χ3v) is 5.30. The third kappa shape index (κ3) is 5.84. The van der Waals surface area contributed by atoms with Crippen molar-refractivity contribution in [2.45, 2.75) is 19.8 Å². The van der Waals surface area contributed by atoms with E-state index in [2.05, 4.69) is 22.0 Å². The second-order valence-corrected chi connectivity index (χ2v) is 7.28. The zero-order valence-electron chi connectivity index (χ0n) is 16.5. The first-order valence-corrected chi connectivity index (χ1v) is 10.0. The fourth-order valence-electron chi connectivity index (χ4n) is 3.61. The number of morpholine rings is 1. The van der Waals surface area contributed by atoms with Crippen LogP contribution in [-0.4, -0.2) is 73.8 Å². The van der Waals surface area contributed by atoms with Gasteiger partial charge in [-0.2, -0.15) is 0 Å². The maximum absolute atomic E-state index is 12.5. The molecule has 0 radical (unpaired) electrons. The summed E-state index contributed by atoms with van der Waals surface area (Å²) in [5.41, 5.74) is 1.60. The van der Waals surface area contributed by atoms with E-state index in [-0.39, 0.29) is 11.8 Å². The van der Waals surface area contributed by atoms with E-state index in [4.69, 9.17) is 4.74 Å². The summed E-state index contributed by atoms with van der Waals surface area (Å²) in [6.07, 6.45) is 7.74. The van der Waals surface area contributed by atoms with Crippen LogP contribution < -0.4 is 0 Å². The number of allylic oxidation sites excluding steroid dienone is 1. The van der Waals surface area contributed by atoms with Gasteiger partial charge in [-0.1, -0.05) is 24.3 Å². The zero-order valence-corrected chi connectivity index (χ0v) is 16.5. The Morgan fingerprint density at radius 2 is 1.93 bits per heavy atom. The van der Waals surface area contributed by atoms with Crippen LogP contribution in [0.3, 0.4) is 0 Å². The minimum absolute atomic E-state index is 0.218. The van der Waals surface area contributed by atoms with E-state index in [9.17, 15) is 9.59 Å². The molecule has 0 aromatic heterocycles. The Labute approximate surface area is 166 Å². The second-order valence-electron chi connectivity index (χ2n) is 7.28. The Bertz CT molecular complexity index is 730. The van der Waals surface area contributed by atoms with Crippen molar-refractivity contribution < 1.29 is 14.3 Å². The number of rotatable bonds is 5. The van der Waals surface area contributed by atoms with Gasteiger partial charge in [-0.05, 0) is 43.4 Å². The predicted molar refractivity (Wildman–Crippen MR) is 111 cm³/mol. The number of hydrogen-bond acceptors (Lipinski definition) is 4. The molecule has 0 unspecified atom stereocenters. The van der Waals surface area contributed by atoms with Crippen LogP contribution in [0.15, 0.2) is 35.3 Å². The molecule has 6 nitrogen and oxygen atoms in total. The second kappa shape index (κ2) is 10.3. The number of aliphatic imine (C=N–C) groups is 1. The summed E-state index contributed by atoms with van der Waals surface area (Å²) in [6, 6.07) is 7.52. The lowest BCUT2D eigenvalue weighted by atomic mass is 9.95. The van der Waals surface area contributed by atoms with E-state index in [1.54, 1.807) is 13.0 Å². The average Bonchev–Trinajstić information content (AvgIpc) is 2.74. The van der Waals surface area contributed by atoms with Gasteiger partial charge in [0.1, 0.15) is 0 Å². The zero-order chi connectivity index (χ0) is 19.8. The minimum Gasteiger partial charge on any atom is -0.379 e. The smallest absolute Gasteiger partial charge is 0.276 e. The summed E-state index contributed by atoms with van der Waals surface area (Å²) < 4.78 is 5.34. The third-order valence-electron chi connectivity index (χ3n) is 5.30. The molecule has 1 aromatic carbocycles. The molecule has 0 saturated carbocycles. The molecule has 0 atom stereocenters. The van der Waals surface area contributed by atoms with Crippen molar-refractivity contribution in [1.82, 2.24) is 9.80 Å². The first-order chi connectivity index (χ1) is 13.7. The first-order valence-electron chi connectivity index (χ1n) is 10.0. The minimum atomic E-state index is -0.218. The number of nitrogens with zero attached hydrogens (tertiary/aromatic N) is 3. The Morgan fingerprint density at radius 3 is 2.64 bits per heavy atom. The highest BCUT2D eigenvalue weighted by Crippen LogP contribution is 2.20. The quantitative estimate of drug-likeness (QED) is 0.733. The normalized spacial score (nSPS) is 19.5. The van der Waals surface area contributed by atoms with Crippen molar-refractivity contribution in [3.8, 4) is 0 Å². The molecule has 0 bridgehead atoms. The van der Waals surface area contributed by atoms with E-state index < -0.39 is 0 Å². The largest absolute Gasteiger partial charge is 0.379 e. The van der Waals surface area contributed by atoms with Crippen LogP contribution >= 0.6 is 0 Å². The van der Waals surface area contributed by atoms with Crippen LogP contribution in [0, 0.1) is 5.92 Å². The molecule has 0 N–H and O–H groups in total. The number of hydrogen-bond donors (Lipinski definition) is 0. The molecule has 2 aliphatic rings. The van der Waals surface area contributed by atoms with Gasteiger partial charge in [0, 0.05) is 38.0 Å². The van der Waals surface area contributed by atoms with Crippen LogP contribution in [-0.2, 0) is 9.53 Å². The van der Waals surface area contributed by atoms with Crippen molar-refractivity contribution in [2.24, 2.45) is 10.9 Å². The van der Waals surface area contributed by atoms with Gasteiger partial charge in [0.15, 0.2) is 0 Å². The topological polar surface area (TPSA) is 62.2 Å². The molecule has 150 valence electrons. The molecule has 28 heavy (non-hydrogen) atoms. The van der Waals surface area contributed by atoms with E-state index in [0.717, 1.165) is 57.8 Å². The fourth-order valence-corrected chi connectivity index (χ4v) is 3.61. The SMILES string of the molecule is C/C=N/C(=O)c1cccc(/C=C/C2CCN(C(=O)CN3CCOCC3)CC2)c1. The highest BCUT2D eigenvalue weighted by atomic mass is 16.5. The number of benzene rings is 1. The molecule has 0 spiro atoms. The molecule has 2 aliphatic heterocycles. The lowest BCUT2D eigenvalue weighted by Gasteiger charge is -2.33. The molecule has 3 rings (SSSR count). The van der Waals surface area contributed by atoms with E-state index in [0.29, 0.717) is 18.0 Å². The molecule has 2 amide bonds. The average molecular weight is 383 g/mol. The van der Waals surface area contributed by atoms with Gasteiger partial charge in [-0.25, -0.2) is 4.99 Å². The molecule has 6 heteroatoms. The Kier molecular flexibility index (Phi) is 7.51. The molecule has 2 fully saturated rings. The van der Waals surface area contributed by atoms with Gasteiger partial charge in [-0.15, -0.1) is 0 Å². The maximum Gasteiger partial charge on any atom is 0.276 e. The van der Waals surface area contributed by atoms with Crippen LogP contribution in [0.5, 0.6) is 0 Å². The van der Waals surface area contributed by atoms with E-state index in [1.165, 1.54) is 6.21 Å². The van der Waals surface area contributed by atoms with Crippen molar-refractivity contribution in [2.75, 3.05) is 45.9 Å². The highest BCUT2D eigenvalue weighted by Gasteiger charge is 2.23.